The Hall–Kier alpha value is -0.350. The molecular formula is C11H24N2OS. The highest BCUT2D eigenvalue weighted by Gasteiger charge is 2.05. The minimum Gasteiger partial charge on any atom is -0.385 e. The molecule has 90 valence electrons. The molecule has 0 aromatic heterocycles. The molecule has 0 radical (unpaired) electrons. The Morgan fingerprint density at radius 1 is 1.33 bits per heavy atom. The molecule has 0 bridgehead atoms. The van der Waals surface area contributed by atoms with Crippen LogP contribution >= 0.6 is 12.2 Å². The molecule has 0 spiro atoms. The summed E-state index contributed by atoms with van der Waals surface area (Å²) in [6, 6.07) is 0.437. The van der Waals surface area contributed by atoms with Crippen LogP contribution in [0.2, 0.25) is 0 Å². The number of hydrogen-bond donors (Lipinski definition) is 2. The number of thiocarbonyl (C=S) groups is 1. The van der Waals surface area contributed by atoms with E-state index in [1.165, 1.54) is 0 Å². The lowest BCUT2D eigenvalue weighted by molar-refractivity contribution is 0.195. The Bertz CT molecular complexity index is 174. The first-order chi connectivity index (χ1) is 7.06. The predicted octanol–water partition coefficient (Wildman–Crippen LogP) is 1.92. The van der Waals surface area contributed by atoms with Gasteiger partial charge in [-0.05, 0) is 37.9 Å². The van der Waals surface area contributed by atoms with Gasteiger partial charge in [0.05, 0.1) is 0 Å². The van der Waals surface area contributed by atoms with Gasteiger partial charge in [-0.1, -0.05) is 13.8 Å². The fourth-order valence-electron chi connectivity index (χ4n) is 1.46. The van der Waals surface area contributed by atoms with E-state index >= 15 is 0 Å². The summed E-state index contributed by atoms with van der Waals surface area (Å²) >= 11 is 5.17. The van der Waals surface area contributed by atoms with Gasteiger partial charge in [0.15, 0.2) is 5.11 Å². The third-order valence-electron chi connectivity index (χ3n) is 2.01. The zero-order chi connectivity index (χ0) is 11.7. The minimum absolute atomic E-state index is 0.437. The second-order valence-electron chi connectivity index (χ2n) is 4.28. The van der Waals surface area contributed by atoms with Gasteiger partial charge in [-0.15, -0.1) is 0 Å². The maximum absolute atomic E-state index is 5.17. The van der Waals surface area contributed by atoms with Crippen LogP contribution < -0.4 is 10.6 Å². The van der Waals surface area contributed by atoms with Crippen LogP contribution in [-0.4, -0.2) is 31.4 Å². The molecule has 4 heteroatoms. The number of nitrogens with one attached hydrogen (secondary N) is 2. The standard InChI is InChI=1S/C11H24N2OS/c1-9(2)8-10(3)13-11(15)12-6-5-7-14-4/h9-10H,5-8H2,1-4H3,(H2,12,13,15). The first-order valence-electron chi connectivity index (χ1n) is 5.59. The quantitative estimate of drug-likeness (QED) is 0.519. The summed E-state index contributed by atoms with van der Waals surface area (Å²) in [5.74, 6) is 0.698. The van der Waals surface area contributed by atoms with Gasteiger partial charge in [0, 0.05) is 26.3 Å². The Morgan fingerprint density at radius 3 is 2.53 bits per heavy atom. The average Bonchev–Trinajstić information content (AvgIpc) is 2.10. The summed E-state index contributed by atoms with van der Waals surface area (Å²) in [6.07, 6.45) is 2.12. The molecule has 0 rings (SSSR count). The van der Waals surface area contributed by atoms with Crippen molar-refractivity contribution >= 4 is 17.3 Å². The number of methoxy groups -OCH3 is 1. The van der Waals surface area contributed by atoms with E-state index in [2.05, 4.69) is 31.4 Å². The minimum atomic E-state index is 0.437. The monoisotopic (exact) mass is 232 g/mol. The van der Waals surface area contributed by atoms with E-state index in [-0.39, 0.29) is 0 Å². The molecule has 0 aliphatic heterocycles. The van der Waals surface area contributed by atoms with Gasteiger partial charge in [0.25, 0.3) is 0 Å². The predicted molar refractivity (Wildman–Crippen MR) is 69.1 cm³/mol. The first kappa shape index (κ1) is 14.6. The highest BCUT2D eigenvalue weighted by atomic mass is 32.1. The number of rotatable bonds is 7. The van der Waals surface area contributed by atoms with E-state index in [9.17, 15) is 0 Å². The van der Waals surface area contributed by atoms with Crippen LogP contribution in [0.25, 0.3) is 0 Å². The largest absolute Gasteiger partial charge is 0.385 e. The fraction of sp³-hybridized carbons (Fsp3) is 0.909. The summed E-state index contributed by atoms with van der Waals surface area (Å²) in [5.41, 5.74) is 0. The molecule has 0 aliphatic carbocycles. The maximum atomic E-state index is 5.17. The van der Waals surface area contributed by atoms with E-state index in [1.54, 1.807) is 7.11 Å². The normalized spacial score (nSPS) is 12.6. The van der Waals surface area contributed by atoms with Crippen molar-refractivity contribution in [2.24, 2.45) is 5.92 Å². The third kappa shape index (κ3) is 9.94. The molecule has 0 amide bonds. The van der Waals surface area contributed by atoms with Crippen molar-refractivity contribution in [3.05, 3.63) is 0 Å². The van der Waals surface area contributed by atoms with Crippen LogP contribution in [-0.2, 0) is 4.74 Å². The lowest BCUT2D eigenvalue weighted by Crippen LogP contribution is -2.41. The highest BCUT2D eigenvalue weighted by molar-refractivity contribution is 7.80. The summed E-state index contributed by atoms with van der Waals surface area (Å²) in [7, 11) is 1.71. The van der Waals surface area contributed by atoms with Crippen molar-refractivity contribution in [2.45, 2.75) is 39.7 Å². The van der Waals surface area contributed by atoms with Gasteiger partial charge in [-0.25, -0.2) is 0 Å². The zero-order valence-corrected chi connectivity index (χ0v) is 11.1. The van der Waals surface area contributed by atoms with Gasteiger partial charge in [0.1, 0.15) is 0 Å². The molecule has 0 saturated heterocycles. The fourth-order valence-corrected chi connectivity index (χ4v) is 1.76. The third-order valence-corrected chi connectivity index (χ3v) is 2.28. The van der Waals surface area contributed by atoms with Crippen molar-refractivity contribution in [3.8, 4) is 0 Å². The van der Waals surface area contributed by atoms with Gasteiger partial charge in [0.2, 0.25) is 0 Å². The van der Waals surface area contributed by atoms with Crippen LogP contribution in [0.15, 0.2) is 0 Å². The van der Waals surface area contributed by atoms with Crippen molar-refractivity contribution in [1.82, 2.24) is 10.6 Å². The summed E-state index contributed by atoms with van der Waals surface area (Å²) < 4.78 is 4.95. The molecule has 1 unspecified atom stereocenters. The molecular weight excluding hydrogens is 208 g/mol. The molecule has 0 aliphatic rings. The van der Waals surface area contributed by atoms with E-state index in [0.29, 0.717) is 12.0 Å². The summed E-state index contributed by atoms with van der Waals surface area (Å²) in [5, 5.41) is 7.18. The van der Waals surface area contributed by atoms with Crippen molar-refractivity contribution in [2.75, 3.05) is 20.3 Å². The van der Waals surface area contributed by atoms with Crippen LogP contribution in [0.4, 0.5) is 0 Å². The number of hydrogen-bond acceptors (Lipinski definition) is 2. The molecule has 0 heterocycles. The lowest BCUT2D eigenvalue weighted by Gasteiger charge is -2.18. The van der Waals surface area contributed by atoms with Crippen LogP contribution in [0, 0.1) is 5.92 Å². The van der Waals surface area contributed by atoms with Crippen molar-refractivity contribution in [1.29, 1.82) is 0 Å². The van der Waals surface area contributed by atoms with E-state index in [4.69, 9.17) is 17.0 Å². The zero-order valence-electron chi connectivity index (χ0n) is 10.3. The average molecular weight is 232 g/mol. The SMILES string of the molecule is COCCCNC(=S)NC(C)CC(C)C. The topological polar surface area (TPSA) is 33.3 Å². The van der Waals surface area contributed by atoms with E-state index in [0.717, 1.165) is 31.1 Å². The van der Waals surface area contributed by atoms with Crippen LogP contribution in [0.3, 0.4) is 0 Å². The van der Waals surface area contributed by atoms with E-state index in [1.807, 2.05) is 0 Å². The van der Waals surface area contributed by atoms with Gasteiger partial charge in [-0.3, -0.25) is 0 Å². The van der Waals surface area contributed by atoms with Crippen LogP contribution in [0.1, 0.15) is 33.6 Å². The molecule has 0 aromatic carbocycles. The highest BCUT2D eigenvalue weighted by Crippen LogP contribution is 2.03. The molecule has 1 atom stereocenters. The Morgan fingerprint density at radius 2 is 2.00 bits per heavy atom. The molecule has 0 fully saturated rings. The lowest BCUT2D eigenvalue weighted by atomic mass is 10.1. The van der Waals surface area contributed by atoms with Gasteiger partial charge in [-0.2, -0.15) is 0 Å². The summed E-state index contributed by atoms with van der Waals surface area (Å²) in [6.45, 7) is 8.23. The molecule has 2 N–H and O–H groups in total. The molecule has 0 aromatic rings. The van der Waals surface area contributed by atoms with E-state index < -0.39 is 0 Å². The van der Waals surface area contributed by atoms with Gasteiger partial charge >= 0.3 is 0 Å². The maximum Gasteiger partial charge on any atom is 0.166 e. The number of ether oxygens (including phenoxy) is 1. The Labute approximate surface area is 99.0 Å². The van der Waals surface area contributed by atoms with Crippen molar-refractivity contribution in [3.63, 3.8) is 0 Å². The smallest absolute Gasteiger partial charge is 0.166 e. The second-order valence-corrected chi connectivity index (χ2v) is 4.69. The summed E-state index contributed by atoms with van der Waals surface area (Å²) in [4.78, 5) is 0. The molecule has 0 saturated carbocycles. The van der Waals surface area contributed by atoms with Crippen LogP contribution in [0.5, 0.6) is 0 Å². The Kier molecular flexibility index (Phi) is 8.71. The second kappa shape index (κ2) is 8.92. The van der Waals surface area contributed by atoms with Crippen molar-refractivity contribution < 1.29 is 4.74 Å². The molecule has 15 heavy (non-hydrogen) atoms. The first-order valence-corrected chi connectivity index (χ1v) is 6.00. The molecule has 3 nitrogen and oxygen atoms in total. The van der Waals surface area contributed by atoms with Gasteiger partial charge < -0.3 is 15.4 Å². The Balaban J connectivity index is 3.47.